The number of carbonyl (C=O) groups excluding carboxylic acids is 1. The van der Waals surface area contributed by atoms with Gasteiger partial charge in [-0.25, -0.2) is 0 Å². The maximum atomic E-state index is 10.8. The SMILES string of the molecule is N/C(=N\O)c1ccc(OCC(O)CNC(=O)CO)cc1. The van der Waals surface area contributed by atoms with Gasteiger partial charge in [0, 0.05) is 12.1 Å². The third kappa shape index (κ3) is 5.12. The number of ether oxygens (including phenoxy) is 1. The Hall–Kier alpha value is -2.32. The molecule has 0 aliphatic rings. The first-order valence-corrected chi connectivity index (χ1v) is 5.83. The van der Waals surface area contributed by atoms with Crippen molar-refractivity contribution in [3.63, 3.8) is 0 Å². The van der Waals surface area contributed by atoms with Crippen molar-refractivity contribution in [2.75, 3.05) is 19.8 Å². The molecule has 0 spiro atoms. The molecule has 0 aliphatic carbocycles. The van der Waals surface area contributed by atoms with E-state index in [1.807, 2.05) is 0 Å². The van der Waals surface area contributed by atoms with Gasteiger partial charge in [0.05, 0.1) is 0 Å². The number of carbonyl (C=O) groups is 1. The number of nitrogens with two attached hydrogens (primary N) is 1. The molecule has 1 aromatic carbocycles. The molecule has 110 valence electrons. The fourth-order valence-electron chi connectivity index (χ4n) is 1.32. The number of benzene rings is 1. The van der Waals surface area contributed by atoms with E-state index >= 15 is 0 Å². The zero-order valence-corrected chi connectivity index (χ0v) is 10.7. The molecule has 0 aliphatic heterocycles. The summed E-state index contributed by atoms with van der Waals surface area (Å²) in [7, 11) is 0. The molecule has 20 heavy (non-hydrogen) atoms. The van der Waals surface area contributed by atoms with Crippen LogP contribution in [0.1, 0.15) is 5.56 Å². The maximum Gasteiger partial charge on any atom is 0.245 e. The van der Waals surface area contributed by atoms with E-state index < -0.39 is 18.6 Å². The molecule has 0 saturated carbocycles. The van der Waals surface area contributed by atoms with Gasteiger partial charge in [0.15, 0.2) is 5.84 Å². The normalized spacial score (nSPS) is 12.8. The smallest absolute Gasteiger partial charge is 0.245 e. The number of rotatable bonds is 7. The van der Waals surface area contributed by atoms with E-state index in [2.05, 4.69) is 10.5 Å². The minimum atomic E-state index is -0.894. The predicted octanol–water partition coefficient (Wildman–Crippen LogP) is -1.37. The van der Waals surface area contributed by atoms with Crippen LogP contribution in [-0.2, 0) is 4.79 Å². The molecule has 8 nitrogen and oxygen atoms in total. The van der Waals surface area contributed by atoms with Crippen LogP contribution in [0.15, 0.2) is 29.4 Å². The Morgan fingerprint density at radius 3 is 2.60 bits per heavy atom. The summed E-state index contributed by atoms with van der Waals surface area (Å²) in [6.07, 6.45) is -0.894. The number of amides is 1. The van der Waals surface area contributed by atoms with Crippen LogP contribution in [0.25, 0.3) is 0 Å². The fourth-order valence-corrected chi connectivity index (χ4v) is 1.32. The van der Waals surface area contributed by atoms with E-state index in [0.717, 1.165) is 0 Å². The van der Waals surface area contributed by atoms with Crippen molar-refractivity contribution >= 4 is 11.7 Å². The van der Waals surface area contributed by atoms with Crippen molar-refractivity contribution in [1.82, 2.24) is 5.32 Å². The van der Waals surface area contributed by atoms with Gasteiger partial charge < -0.3 is 31.2 Å². The lowest BCUT2D eigenvalue weighted by Crippen LogP contribution is -2.36. The molecule has 6 N–H and O–H groups in total. The summed E-state index contributed by atoms with van der Waals surface area (Å²) in [6.45, 7) is -0.654. The van der Waals surface area contributed by atoms with Gasteiger partial charge in [-0.15, -0.1) is 0 Å². The first kappa shape index (κ1) is 15.7. The Balaban J connectivity index is 2.40. The van der Waals surface area contributed by atoms with Crippen molar-refractivity contribution in [2.45, 2.75) is 6.10 Å². The molecule has 1 unspecified atom stereocenters. The number of aliphatic hydroxyl groups excluding tert-OH is 2. The number of hydrogen-bond acceptors (Lipinski definition) is 6. The molecule has 8 heteroatoms. The molecular weight excluding hydrogens is 266 g/mol. The topological polar surface area (TPSA) is 137 Å². The summed E-state index contributed by atoms with van der Waals surface area (Å²) in [4.78, 5) is 10.8. The van der Waals surface area contributed by atoms with E-state index in [4.69, 9.17) is 20.8 Å². The van der Waals surface area contributed by atoms with Gasteiger partial charge in [-0.05, 0) is 24.3 Å². The van der Waals surface area contributed by atoms with Crippen LogP contribution in [0.4, 0.5) is 0 Å². The molecule has 1 rings (SSSR count). The monoisotopic (exact) mass is 283 g/mol. The number of oxime groups is 1. The summed E-state index contributed by atoms with van der Waals surface area (Å²) in [5, 5.41) is 31.7. The fraction of sp³-hybridized carbons (Fsp3) is 0.333. The molecular formula is C12H17N3O5. The van der Waals surface area contributed by atoms with Crippen molar-refractivity contribution in [2.24, 2.45) is 10.9 Å². The lowest BCUT2D eigenvalue weighted by atomic mass is 10.2. The number of amidine groups is 1. The van der Waals surface area contributed by atoms with Gasteiger partial charge in [-0.3, -0.25) is 4.79 Å². The van der Waals surface area contributed by atoms with Crippen molar-refractivity contribution in [3.05, 3.63) is 29.8 Å². The summed E-state index contributed by atoms with van der Waals surface area (Å²) in [5.41, 5.74) is 5.94. The van der Waals surface area contributed by atoms with Gasteiger partial charge in [-0.1, -0.05) is 5.16 Å². The highest BCUT2D eigenvalue weighted by Crippen LogP contribution is 2.12. The van der Waals surface area contributed by atoms with Crippen LogP contribution >= 0.6 is 0 Å². The van der Waals surface area contributed by atoms with E-state index in [-0.39, 0.29) is 19.0 Å². The zero-order chi connectivity index (χ0) is 15.0. The molecule has 0 radical (unpaired) electrons. The largest absolute Gasteiger partial charge is 0.491 e. The molecule has 1 amide bonds. The Morgan fingerprint density at radius 1 is 1.40 bits per heavy atom. The first-order chi connectivity index (χ1) is 9.56. The second-order valence-electron chi connectivity index (χ2n) is 3.94. The van der Waals surface area contributed by atoms with E-state index in [1.54, 1.807) is 24.3 Å². The van der Waals surface area contributed by atoms with Crippen LogP contribution in [0.5, 0.6) is 5.75 Å². The average molecular weight is 283 g/mol. The van der Waals surface area contributed by atoms with Crippen LogP contribution in [0.2, 0.25) is 0 Å². The van der Waals surface area contributed by atoms with E-state index in [9.17, 15) is 9.90 Å². The average Bonchev–Trinajstić information content (AvgIpc) is 2.50. The zero-order valence-electron chi connectivity index (χ0n) is 10.7. The molecule has 1 atom stereocenters. The summed E-state index contributed by atoms with van der Waals surface area (Å²) >= 11 is 0. The van der Waals surface area contributed by atoms with Crippen molar-refractivity contribution in [1.29, 1.82) is 0 Å². The minimum Gasteiger partial charge on any atom is -0.491 e. The quantitative estimate of drug-likeness (QED) is 0.181. The van der Waals surface area contributed by atoms with Gasteiger partial charge in [0.25, 0.3) is 0 Å². The van der Waals surface area contributed by atoms with Crippen LogP contribution in [-0.4, -0.2) is 53.0 Å². The molecule has 1 aromatic rings. The van der Waals surface area contributed by atoms with Crippen molar-refractivity contribution < 1.29 is 25.0 Å². The van der Waals surface area contributed by atoms with Gasteiger partial charge in [0.2, 0.25) is 5.91 Å². The minimum absolute atomic E-state index is 0.0108. The third-order valence-electron chi connectivity index (χ3n) is 2.38. The third-order valence-corrected chi connectivity index (χ3v) is 2.38. The molecule has 0 aromatic heterocycles. The maximum absolute atomic E-state index is 10.8. The van der Waals surface area contributed by atoms with E-state index in [1.165, 1.54) is 0 Å². The van der Waals surface area contributed by atoms with Crippen molar-refractivity contribution in [3.8, 4) is 5.75 Å². The summed E-state index contributed by atoms with van der Waals surface area (Å²) in [6, 6.07) is 6.41. The number of hydrogen-bond donors (Lipinski definition) is 5. The van der Waals surface area contributed by atoms with Crippen LogP contribution in [0, 0.1) is 0 Å². The van der Waals surface area contributed by atoms with Crippen LogP contribution < -0.4 is 15.8 Å². The standard InChI is InChI=1S/C12H17N3O5/c13-12(15-19)8-1-3-10(4-2-8)20-7-9(17)5-14-11(18)6-16/h1-4,9,16-17,19H,5-7H2,(H2,13,15)(H,14,18). The molecule has 0 saturated heterocycles. The van der Waals surface area contributed by atoms with Gasteiger partial charge in [0.1, 0.15) is 25.1 Å². The molecule has 0 bridgehead atoms. The summed E-state index contributed by atoms with van der Waals surface area (Å²) in [5.74, 6) is -0.0810. The first-order valence-electron chi connectivity index (χ1n) is 5.83. The van der Waals surface area contributed by atoms with E-state index in [0.29, 0.717) is 11.3 Å². The Labute approximate surface area is 115 Å². The number of aliphatic hydroxyl groups is 2. The Bertz CT molecular complexity index is 461. The van der Waals surface area contributed by atoms with Gasteiger partial charge in [-0.2, -0.15) is 0 Å². The number of nitrogens with zero attached hydrogens (tertiary/aromatic N) is 1. The molecule has 0 fully saturated rings. The predicted molar refractivity (Wildman–Crippen MR) is 70.6 cm³/mol. The lowest BCUT2D eigenvalue weighted by Gasteiger charge is -2.13. The molecule has 0 heterocycles. The highest BCUT2D eigenvalue weighted by Gasteiger charge is 2.07. The second kappa shape index (κ2) is 7.97. The highest BCUT2D eigenvalue weighted by atomic mass is 16.5. The summed E-state index contributed by atoms with van der Waals surface area (Å²) < 4.78 is 5.30. The Morgan fingerprint density at radius 2 is 2.05 bits per heavy atom. The lowest BCUT2D eigenvalue weighted by molar-refractivity contribution is -0.124. The highest BCUT2D eigenvalue weighted by molar-refractivity contribution is 5.97. The van der Waals surface area contributed by atoms with Crippen LogP contribution in [0.3, 0.4) is 0 Å². The van der Waals surface area contributed by atoms with Gasteiger partial charge >= 0.3 is 0 Å². The Kier molecular flexibility index (Phi) is 6.27. The number of nitrogens with one attached hydrogen (secondary N) is 1. The second-order valence-corrected chi connectivity index (χ2v) is 3.94.